The summed E-state index contributed by atoms with van der Waals surface area (Å²) >= 11 is 0. The Bertz CT molecular complexity index is 2290. The number of hydrogen-bond acceptors (Lipinski definition) is 33. The van der Waals surface area contributed by atoms with Gasteiger partial charge in [0.2, 0.25) is 47.3 Å². The number of carbonyl (C=O) groups is 8. The largest absolute Gasteiger partial charge is 0.394 e. The van der Waals surface area contributed by atoms with Gasteiger partial charge in [-0.3, -0.25) is 43.3 Å². The van der Waals surface area contributed by atoms with Gasteiger partial charge in [0.15, 0.2) is 0 Å². The summed E-state index contributed by atoms with van der Waals surface area (Å²) in [5.41, 5.74) is 0. The second-order valence-electron chi connectivity index (χ2n) is 24.3. The average Bonchev–Trinajstić information content (AvgIpc) is 0.889. The second-order valence-corrected chi connectivity index (χ2v) is 24.3. The molecule has 0 aromatic heterocycles. The van der Waals surface area contributed by atoms with Crippen molar-refractivity contribution in [1.29, 1.82) is 0 Å². The van der Waals surface area contributed by atoms with Gasteiger partial charge in [-0.25, -0.2) is 0 Å². The van der Waals surface area contributed by atoms with E-state index < -0.39 is 243 Å². The van der Waals surface area contributed by atoms with Crippen LogP contribution in [0.15, 0.2) is 0 Å². The Morgan fingerprint density at radius 3 is 1.04 bits per heavy atom. The molecule has 99 heavy (non-hydrogen) atoms. The molecule has 21 N–H and O–H groups in total. The molecule has 0 radical (unpaired) electrons. The van der Waals surface area contributed by atoms with E-state index in [4.69, 9.17) is 24.4 Å². The fourth-order valence-corrected chi connectivity index (χ4v) is 9.12. The quantitative estimate of drug-likeness (QED) is 0.0251. The molecule has 0 aliphatic heterocycles. The Morgan fingerprint density at radius 1 is 0.354 bits per heavy atom. The van der Waals surface area contributed by atoms with Crippen LogP contribution in [-0.4, -0.2) is 498 Å². The van der Waals surface area contributed by atoms with E-state index in [2.05, 4.69) is 5.32 Å². The first kappa shape index (κ1) is 93.8. The standard InChI is InChI=1S/C58H112N10O31/c1-60(2)25-45(83)62(4)27-47(85)64(6)29-49(87)66(8)34(10-9-13-67(20-35(73)50(88)54(92)39(77)30-69)21-36(74)51(89)55(93)40(78)31-70)58(96)65(7)28-48(86)63(5)26-46(84)61(3)24-43(81)59-12-15-98-17-19-99-18-16-97-14-11-44(82)68(22-37(75)52(90)56(94)41(79)32-71)23-38(76)53(91)57(95)42(80)33-72/h34-42,50-57,69-80,88-95H,9-33H2,1-8H3,(H,59,81)/t34?,35-,36-,37-,38-,39+,40+,41+,42+,50+,51+,52+,53+,54+,55+,56+,57+/m0/s1. The van der Waals surface area contributed by atoms with Crippen LogP contribution in [0.1, 0.15) is 19.3 Å². The van der Waals surface area contributed by atoms with Crippen molar-refractivity contribution in [3.05, 3.63) is 0 Å². The summed E-state index contributed by atoms with van der Waals surface area (Å²) in [5.74, 6) is -5.65. The molecule has 17 atom stereocenters. The van der Waals surface area contributed by atoms with Gasteiger partial charge in [-0.05, 0) is 33.5 Å². The maximum atomic E-state index is 14.4. The van der Waals surface area contributed by atoms with Gasteiger partial charge in [0.25, 0.3) is 0 Å². The second kappa shape index (κ2) is 49.4. The number of ether oxygens (including phenoxy) is 3. The summed E-state index contributed by atoms with van der Waals surface area (Å²) in [7, 11) is 10.9. The zero-order valence-electron chi connectivity index (χ0n) is 57.5. The summed E-state index contributed by atoms with van der Waals surface area (Å²) < 4.78 is 16.3. The zero-order chi connectivity index (χ0) is 76.1. The Kier molecular flexibility index (Phi) is 46.8. The number of aliphatic hydroxyl groups is 20. The third kappa shape index (κ3) is 35.0. The lowest BCUT2D eigenvalue weighted by atomic mass is 10.0. The average molecular weight is 1450 g/mol. The molecule has 0 aromatic rings. The molecule has 0 saturated carbocycles. The predicted octanol–water partition coefficient (Wildman–Crippen LogP) is -16.1. The lowest BCUT2D eigenvalue weighted by Crippen LogP contribution is -2.54. The molecule has 0 spiro atoms. The highest BCUT2D eigenvalue weighted by molar-refractivity contribution is 5.93. The number of nitrogens with zero attached hydrogens (tertiary/aromatic N) is 9. The number of likely N-dealkylation sites (N-methyl/N-ethyl adjacent to an activating group) is 7. The predicted molar refractivity (Wildman–Crippen MR) is 340 cm³/mol. The van der Waals surface area contributed by atoms with Crippen LogP contribution in [0, 0.1) is 0 Å². The number of hydrogen-bond donors (Lipinski definition) is 21. The molecule has 8 amide bonds. The molecule has 1 unspecified atom stereocenters. The van der Waals surface area contributed by atoms with E-state index in [9.17, 15) is 130 Å². The van der Waals surface area contributed by atoms with Crippen molar-refractivity contribution in [3.8, 4) is 0 Å². The van der Waals surface area contributed by atoms with Crippen LogP contribution in [0.2, 0.25) is 0 Å². The van der Waals surface area contributed by atoms with Gasteiger partial charge >= 0.3 is 0 Å². The minimum atomic E-state index is -2.11. The van der Waals surface area contributed by atoms with Crippen molar-refractivity contribution in [2.75, 3.05) is 201 Å². The number of rotatable bonds is 54. The van der Waals surface area contributed by atoms with Gasteiger partial charge in [0.05, 0.1) is 124 Å². The van der Waals surface area contributed by atoms with E-state index >= 15 is 0 Å². The number of nitrogens with one attached hydrogen (secondary N) is 1. The monoisotopic (exact) mass is 1440 g/mol. The number of amides is 8. The summed E-state index contributed by atoms with van der Waals surface area (Å²) in [6.45, 7) is -10.2. The molecule has 0 aromatic carbocycles. The van der Waals surface area contributed by atoms with Gasteiger partial charge in [0, 0.05) is 75.0 Å². The molecule has 0 aliphatic carbocycles. The highest BCUT2D eigenvalue weighted by Crippen LogP contribution is 2.17. The lowest BCUT2D eigenvalue weighted by Gasteiger charge is -2.35. The van der Waals surface area contributed by atoms with Crippen molar-refractivity contribution < 1.29 is 155 Å². The smallest absolute Gasteiger partial charge is 0.245 e. The Labute approximate surface area is 573 Å². The van der Waals surface area contributed by atoms with Crippen molar-refractivity contribution >= 4 is 47.3 Å². The van der Waals surface area contributed by atoms with Gasteiger partial charge < -0.3 is 161 Å². The molecular formula is C58H112N10O31. The van der Waals surface area contributed by atoms with Gasteiger partial charge in [0.1, 0.15) is 91.5 Å². The molecule has 41 nitrogen and oxygen atoms in total. The minimum absolute atomic E-state index is 0.00341. The Balaban J connectivity index is 5.75. The highest BCUT2D eigenvalue weighted by Gasteiger charge is 2.39. The van der Waals surface area contributed by atoms with E-state index in [0.717, 1.165) is 34.3 Å². The fraction of sp³-hybridized carbons (Fsp3) is 0.862. The molecule has 580 valence electrons. The van der Waals surface area contributed by atoms with Gasteiger partial charge in [-0.1, -0.05) is 0 Å². The first-order valence-electron chi connectivity index (χ1n) is 31.7. The molecule has 0 saturated heterocycles. The fourth-order valence-electron chi connectivity index (χ4n) is 9.12. The summed E-state index contributed by atoms with van der Waals surface area (Å²) in [4.78, 5) is 116. The third-order valence-corrected chi connectivity index (χ3v) is 15.6. The molecule has 0 bridgehead atoms. The van der Waals surface area contributed by atoms with E-state index in [-0.39, 0.29) is 72.1 Å². The molecule has 41 heteroatoms. The van der Waals surface area contributed by atoms with Crippen LogP contribution in [0.5, 0.6) is 0 Å². The molecule has 0 heterocycles. The SMILES string of the molecule is CN(C)CC(=O)N(C)CC(=O)N(C)CC(=O)N(C)C(CCCN(C[C@H](O)[C@@H](O)[C@H](O)[C@H](O)CO)C[C@H](O)[C@@H](O)[C@H](O)[C@H](O)CO)C(=O)N(C)CC(=O)N(C)CC(=O)N(C)CC(=O)NCCOCCOCCOCCC(=O)N(C[C@H](O)[C@@H](O)[C@H](O)[C@H](O)CO)C[C@H](O)[C@@H](O)[C@H](O)[C@H](O)CO. The van der Waals surface area contributed by atoms with Crippen LogP contribution in [0.25, 0.3) is 0 Å². The first-order chi connectivity index (χ1) is 46.2. The van der Waals surface area contributed by atoms with Crippen molar-refractivity contribution in [1.82, 2.24) is 49.4 Å². The highest BCUT2D eigenvalue weighted by atomic mass is 16.5. The van der Waals surface area contributed by atoms with Crippen LogP contribution in [-0.2, 0) is 52.6 Å². The lowest BCUT2D eigenvalue weighted by molar-refractivity contribution is -0.149. The van der Waals surface area contributed by atoms with Crippen LogP contribution in [0.4, 0.5) is 0 Å². The third-order valence-electron chi connectivity index (χ3n) is 15.6. The first-order valence-corrected chi connectivity index (χ1v) is 31.7. The molecule has 0 fully saturated rings. The van der Waals surface area contributed by atoms with Crippen LogP contribution in [0.3, 0.4) is 0 Å². The molecule has 0 aliphatic rings. The minimum Gasteiger partial charge on any atom is -0.394 e. The molecular weight excluding hydrogens is 1330 g/mol. The topological polar surface area (TPSA) is 610 Å². The Morgan fingerprint density at radius 2 is 0.667 bits per heavy atom. The summed E-state index contributed by atoms with van der Waals surface area (Å²) in [5, 5.41) is 203. The van der Waals surface area contributed by atoms with E-state index in [1.54, 1.807) is 19.0 Å². The van der Waals surface area contributed by atoms with Crippen molar-refractivity contribution in [2.24, 2.45) is 0 Å². The maximum absolute atomic E-state index is 14.4. The summed E-state index contributed by atoms with van der Waals surface area (Å²) in [6.07, 6.45) is -33.0. The Hall–Kier alpha value is -5.24. The van der Waals surface area contributed by atoms with Crippen LogP contribution >= 0.6 is 0 Å². The number of carbonyl (C=O) groups excluding carboxylic acids is 8. The summed E-state index contributed by atoms with van der Waals surface area (Å²) in [6, 6.07) is -1.46. The van der Waals surface area contributed by atoms with Crippen molar-refractivity contribution in [2.45, 2.75) is 123 Å². The van der Waals surface area contributed by atoms with E-state index in [1.807, 2.05) is 0 Å². The number of aliphatic hydroxyl groups excluding tert-OH is 20. The van der Waals surface area contributed by atoms with Gasteiger partial charge in [-0.2, -0.15) is 0 Å². The maximum Gasteiger partial charge on any atom is 0.245 e. The zero-order valence-corrected chi connectivity index (χ0v) is 57.5. The van der Waals surface area contributed by atoms with E-state index in [1.165, 1.54) is 47.2 Å². The normalized spacial score (nSPS) is 17.0. The van der Waals surface area contributed by atoms with Crippen molar-refractivity contribution in [3.63, 3.8) is 0 Å². The van der Waals surface area contributed by atoms with Crippen LogP contribution < -0.4 is 5.32 Å². The van der Waals surface area contributed by atoms with E-state index in [0.29, 0.717) is 0 Å². The molecule has 0 rings (SSSR count). The van der Waals surface area contributed by atoms with Gasteiger partial charge in [-0.15, -0.1) is 0 Å².